The summed E-state index contributed by atoms with van der Waals surface area (Å²) in [4.78, 5) is 2.38. The molecule has 0 spiro atoms. The average Bonchev–Trinajstić information content (AvgIpc) is 2.43. The molecular formula is C15H31N3O. The summed E-state index contributed by atoms with van der Waals surface area (Å²) >= 11 is 0. The van der Waals surface area contributed by atoms with Crippen LogP contribution in [0.2, 0.25) is 0 Å². The van der Waals surface area contributed by atoms with Crippen LogP contribution in [0.3, 0.4) is 0 Å². The lowest BCUT2D eigenvalue weighted by Gasteiger charge is -2.25. The zero-order valence-corrected chi connectivity index (χ0v) is 13.2. The van der Waals surface area contributed by atoms with E-state index in [0.717, 1.165) is 58.7 Å². The highest BCUT2D eigenvalue weighted by atomic mass is 16.5. The Morgan fingerprint density at radius 1 is 1.26 bits per heavy atom. The maximum absolute atomic E-state index is 9.26. The second kappa shape index (κ2) is 11.2. The van der Waals surface area contributed by atoms with Crippen molar-refractivity contribution < 1.29 is 4.74 Å². The van der Waals surface area contributed by atoms with E-state index in [0.29, 0.717) is 0 Å². The zero-order valence-electron chi connectivity index (χ0n) is 13.2. The Bertz CT molecular complexity index is 252. The largest absolute Gasteiger partial charge is 0.380 e. The number of hydrogen-bond donors (Lipinski definition) is 1. The Morgan fingerprint density at radius 2 is 2.00 bits per heavy atom. The van der Waals surface area contributed by atoms with E-state index < -0.39 is 0 Å². The highest BCUT2D eigenvalue weighted by Gasteiger charge is 2.22. The Morgan fingerprint density at radius 3 is 2.53 bits per heavy atom. The first-order valence-corrected chi connectivity index (χ1v) is 7.58. The Kier molecular flexibility index (Phi) is 10.8. The third-order valence-corrected chi connectivity index (χ3v) is 3.37. The van der Waals surface area contributed by atoms with Crippen LogP contribution < -0.4 is 5.32 Å². The normalized spacial score (nSPS) is 14.3. The molecule has 0 aliphatic rings. The summed E-state index contributed by atoms with van der Waals surface area (Å²) in [6, 6.07) is 2.40. The van der Waals surface area contributed by atoms with Gasteiger partial charge >= 0.3 is 0 Å². The molecule has 0 bridgehead atoms. The minimum atomic E-state index is -0.380. The molecule has 0 aromatic rings. The van der Waals surface area contributed by atoms with E-state index in [-0.39, 0.29) is 5.54 Å². The van der Waals surface area contributed by atoms with Crippen molar-refractivity contribution in [1.82, 2.24) is 10.2 Å². The molecule has 0 aromatic heterocycles. The topological polar surface area (TPSA) is 48.3 Å². The SMILES string of the molecule is CCCNC(C)(C#N)CCCN(CC)CCOCC. The average molecular weight is 269 g/mol. The van der Waals surface area contributed by atoms with Gasteiger partial charge in [-0.3, -0.25) is 5.32 Å². The van der Waals surface area contributed by atoms with Gasteiger partial charge in [-0.2, -0.15) is 5.26 Å². The van der Waals surface area contributed by atoms with Gasteiger partial charge < -0.3 is 9.64 Å². The fourth-order valence-corrected chi connectivity index (χ4v) is 2.01. The van der Waals surface area contributed by atoms with Crippen molar-refractivity contribution in [2.75, 3.05) is 39.4 Å². The molecule has 0 saturated carbocycles. The van der Waals surface area contributed by atoms with Crippen molar-refractivity contribution >= 4 is 0 Å². The summed E-state index contributed by atoms with van der Waals surface area (Å²) < 4.78 is 5.38. The lowest BCUT2D eigenvalue weighted by molar-refractivity contribution is 0.114. The molecule has 4 nitrogen and oxygen atoms in total. The number of ether oxygens (including phenoxy) is 1. The summed E-state index contributed by atoms with van der Waals surface area (Å²) in [6.45, 7) is 13.9. The third kappa shape index (κ3) is 8.99. The quantitative estimate of drug-likeness (QED) is 0.553. The molecule has 0 aliphatic carbocycles. The summed E-state index contributed by atoms with van der Waals surface area (Å²) in [6.07, 6.45) is 3.00. The van der Waals surface area contributed by atoms with Crippen molar-refractivity contribution in [2.45, 2.75) is 52.5 Å². The van der Waals surface area contributed by atoms with Crippen molar-refractivity contribution in [3.8, 4) is 6.07 Å². The highest BCUT2D eigenvalue weighted by Crippen LogP contribution is 2.11. The maximum atomic E-state index is 9.26. The van der Waals surface area contributed by atoms with Crippen LogP contribution in [0, 0.1) is 11.3 Å². The summed E-state index contributed by atoms with van der Waals surface area (Å²) in [5.41, 5.74) is -0.380. The molecule has 19 heavy (non-hydrogen) atoms. The summed E-state index contributed by atoms with van der Waals surface area (Å²) in [5.74, 6) is 0. The van der Waals surface area contributed by atoms with Gasteiger partial charge in [0.1, 0.15) is 5.54 Å². The van der Waals surface area contributed by atoms with Gasteiger partial charge in [-0.05, 0) is 52.7 Å². The molecule has 0 fully saturated rings. The molecule has 0 amide bonds. The van der Waals surface area contributed by atoms with Crippen LogP contribution in [0.25, 0.3) is 0 Å². The predicted octanol–water partition coefficient (Wildman–Crippen LogP) is 2.41. The van der Waals surface area contributed by atoms with E-state index in [9.17, 15) is 5.26 Å². The molecule has 1 unspecified atom stereocenters. The molecule has 0 aromatic carbocycles. The molecule has 1 N–H and O–H groups in total. The number of likely N-dealkylation sites (N-methyl/N-ethyl adjacent to an activating group) is 1. The monoisotopic (exact) mass is 269 g/mol. The predicted molar refractivity (Wildman–Crippen MR) is 80.2 cm³/mol. The second-order valence-electron chi connectivity index (χ2n) is 5.11. The molecule has 0 aliphatic heterocycles. The fraction of sp³-hybridized carbons (Fsp3) is 0.933. The summed E-state index contributed by atoms with van der Waals surface area (Å²) in [7, 11) is 0. The van der Waals surface area contributed by atoms with E-state index in [1.54, 1.807) is 0 Å². The van der Waals surface area contributed by atoms with Crippen molar-refractivity contribution in [2.24, 2.45) is 0 Å². The van der Waals surface area contributed by atoms with E-state index in [1.165, 1.54) is 0 Å². The second-order valence-corrected chi connectivity index (χ2v) is 5.11. The Balaban J connectivity index is 3.92. The Labute approximate surface area is 119 Å². The van der Waals surface area contributed by atoms with Crippen molar-refractivity contribution in [3.05, 3.63) is 0 Å². The number of hydrogen-bond acceptors (Lipinski definition) is 4. The van der Waals surface area contributed by atoms with Gasteiger partial charge in [0.25, 0.3) is 0 Å². The molecule has 112 valence electrons. The number of nitrogens with one attached hydrogen (secondary N) is 1. The molecule has 4 heteroatoms. The van der Waals surface area contributed by atoms with Crippen LogP contribution in [0.5, 0.6) is 0 Å². The minimum absolute atomic E-state index is 0.380. The first-order valence-electron chi connectivity index (χ1n) is 7.58. The molecule has 0 rings (SSSR count). The standard InChI is InChI=1S/C15H31N3O/c1-5-10-17-15(4,14-16)9-8-11-18(6-2)12-13-19-7-3/h17H,5-13H2,1-4H3. The van der Waals surface area contributed by atoms with Gasteiger partial charge in [-0.15, -0.1) is 0 Å². The summed E-state index contributed by atoms with van der Waals surface area (Å²) in [5, 5.41) is 12.6. The molecule has 0 radical (unpaired) electrons. The van der Waals surface area contributed by atoms with Crippen LogP contribution in [-0.2, 0) is 4.74 Å². The number of rotatable bonds is 12. The third-order valence-electron chi connectivity index (χ3n) is 3.37. The molecular weight excluding hydrogens is 238 g/mol. The van der Waals surface area contributed by atoms with Crippen molar-refractivity contribution in [3.63, 3.8) is 0 Å². The van der Waals surface area contributed by atoms with Gasteiger partial charge in [0, 0.05) is 13.2 Å². The minimum Gasteiger partial charge on any atom is -0.380 e. The van der Waals surface area contributed by atoms with Crippen LogP contribution >= 0.6 is 0 Å². The van der Waals surface area contributed by atoms with E-state index >= 15 is 0 Å². The van der Waals surface area contributed by atoms with E-state index in [1.807, 2.05) is 13.8 Å². The number of nitriles is 1. The highest BCUT2D eigenvalue weighted by molar-refractivity contribution is 5.03. The van der Waals surface area contributed by atoms with Gasteiger partial charge in [0.05, 0.1) is 12.7 Å². The van der Waals surface area contributed by atoms with E-state index in [2.05, 4.69) is 30.1 Å². The van der Waals surface area contributed by atoms with E-state index in [4.69, 9.17) is 4.74 Å². The fourth-order valence-electron chi connectivity index (χ4n) is 2.01. The first-order chi connectivity index (χ1) is 9.11. The first kappa shape index (κ1) is 18.4. The molecule has 0 heterocycles. The van der Waals surface area contributed by atoms with Gasteiger partial charge in [-0.25, -0.2) is 0 Å². The van der Waals surface area contributed by atoms with Gasteiger partial charge in [0.15, 0.2) is 0 Å². The lowest BCUT2D eigenvalue weighted by atomic mass is 9.97. The zero-order chi connectivity index (χ0) is 14.6. The van der Waals surface area contributed by atoms with Crippen LogP contribution in [0.15, 0.2) is 0 Å². The van der Waals surface area contributed by atoms with Crippen LogP contribution in [0.4, 0.5) is 0 Å². The molecule has 1 atom stereocenters. The number of nitrogens with zero attached hydrogens (tertiary/aromatic N) is 2. The van der Waals surface area contributed by atoms with Gasteiger partial charge in [-0.1, -0.05) is 13.8 Å². The molecule has 0 saturated heterocycles. The maximum Gasteiger partial charge on any atom is 0.103 e. The van der Waals surface area contributed by atoms with Gasteiger partial charge in [0.2, 0.25) is 0 Å². The lowest BCUT2D eigenvalue weighted by Crippen LogP contribution is -2.42. The van der Waals surface area contributed by atoms with Crippen LogP contribution in [-0.4, -0.2) is 49.8 Å². The van der Waals surface area contributed by atoms with Crippen molar-refractivity contribution in [1.29, 1.82) is 5.26 Å². The van der Waals surface area contributed by atoms with Crippen LogP contribution in [0.1, 0.15) is 47.0 Å². The Hall–Kier alpha value is -0.630. The smallest absolute Gasteiger partial charge is 0.103 e.